The Morgan fingerprint density at radius 3 is 2.83 bits per heavy atom. The van der Waals surface area contributed by atoms with Gasteiger partial charge in [0.05, 0.1) is 11.1 Å². The van der Waals surface area contributed by atoms with Crippen molar-refractivity contribution in [2.24, 2.45) is 11.8 Å². The normalized spacial score (nSPS) is 10.9. The van der Waals surface area contributed by atoms with Crippen LogP contribution in [0.3, 0.4) is 0 Å². The first-order chi connectivity index (χ1) is 8.52. The van der Waals surface area contributed by atoms with Gasteiger partial charge in [0.25, 0.3) is 5.91 Å². The van der Waals surface area contributed by atoms with Crippen LogP contribution in [-0.4, -0.2) is 12.5 Å². The fourth-order valence-electron chi connectivity index (χ4n) is 1.21. The molecule has 0 radical (unpaired) electrons. The lowest BCUT2D eigenvalue weighted by Gasteiger charge is -2.10. The van der Waals surface area contributed by atoms with Crippen LogP contribution >= 0.6 is 15.9 Å². The molecule has 18 heavy (non-hydrogen) atoms. The Morgan fingerprint density at radius 1 is 1.56 bits per heavy atom. The zero-order valence-electron chi connectivity index (χ0n) is 10.4. The molecule has 4 nitrogen and oxygen atoms in total. The van der Waals surface area contributed by atoms with Crippen LogP contribution in [0, 0.1) is 5.92 Å². The van der Waals surface area contributed by atoms with Gasteiger partial charge in [-0.2, -0.15) is 0 Å². The fraction of sp³-hybridized carbons (Fsp3) is 0.308. The van der Waals surface area contributed by atoms with Gasteiger partial charge >= 0.3 is 0 Å². The van der Waals surface area contributed by atoms with Crippen molar-refractivity contribution in [2.45, 2.75) is 13.8 Å². The molecule has 5 heteroatoms. The van der Waals surface area contributed by atoms with Crippen molar-refractivity contribution in [1.82, 2.24) is 5.43 Å². The molecule has 1 aromatic rings. The Bertz CT molecular complexity index is 445. The van der Waals surface area contributed by atoms with Gasteiger partial charge < -0.3 is 4.74 Å². The van der Waals surface area contributed by atoms with Crippen molar-refractivity contribution < 1.29 is 9.53 Å². The Kier molecular flexibility index (Phi) is 5.88. The minimum atomic E-state index is -0.341. The van der Waals surface area contributed by atoms with Crippen molar-refractivity contribution in [1.29, 1.82) is 0 Å². The maximum Gasteiger partial charge on any atom is 0.257 e. The maximum absolute atomic E-state index is 11.0. The van der Waals surface area contributed by atoms with E-state index >= 15 is 0 Å². The Labute approximate surface area is 115 Å². The number of carbonyl (C=O) groups is 1. The molecule has 0 fully saturated rings. The molecule has 0 unspecified atom stereocenters. The fourth-order valence-corrected chi connectivity index (χ4v) is 1.73. The molecule has 1 aromatic carbocycles. The van der Waals surface area contributed by atoms with E-state index in [0.717, 1.165) is 15.8 Å². The van der Waals surface area contributed by atoms with Crippen LogP contribution < -0.4 is 16.0 Å². The first-order valence-electron chi connectivity index (χ1n) is 5.64. The lowest BCUT2D eigenvalue weighted by atomic mass is 10.2. The highest BCUT2D eigenvalue weighted by molar-refractivity contribution is 9.10. The zero-order valence-corrected chi connectivity index (χ0v) is 12.0. The van der Waals surface area contributed by atoms with E-state index in [-0.39, 0.29) is 5.91 Å². The van der Waals surface area contributed by atoms with E-state index in [1.54, 1.807) is 6.08 Å². The number of rotatable bonds is 5. The van der Waals surface area contributed by atoms with Crippen molar-refractivity contribution in [3.05, 3.63) is 34.3 Å². The van der Waals surface area contributed by atoms with E-state index in [4.69, 9.17) is 10.6 Å². The summed E-state index contributed by atoms with van der Waals surface area (Å²) in [6.07, 6.45) is 3.05. The average Bonchev–Trinajstić information content (AvgIpc) is 2.34. The maximum atomic E-state index is 11.0. The van der Waals surface area contributed by atoms with Crippen LogP contribution in [0.1, 0.15) is 19.4 Å². The van der Waals surface area contributed by atoms with Gasteiger partial charge in [-0.15, -0.1) is 0 Å². The molecule has 0 aliphatic carbocycles. The number of hydrazine groups is 1. The van der Waals surface area contributed by atoms with E-state index < -0.39 is 0 Å². The third-order valence-electron chi connectivity index (χ3n) is 2.10. The number of halogens is 1. The molecule has 0 spiro atoms. The summed E-state index contributed by atoms with van der Waals surface area (Å²) in [5.41, 5.74) is 2.92. The molecule has 0 atom stereocenters. The number of nitrogens with one attached hydrogen (secondary N) is 1. The minimum Gasteiger partial charge on any atom is -0.492 e. The monoisotopic (exact) mass is 312 g/mol. The van der Waals surface area contributed by atoms with Crippen LogP contribution in [0.4, 0.5) is 0 Å². The van der Waals surface area contributed by atoms with Crippen molar-refractivity contribution in [3.8, 4) is 5.75 Å². The second-order valence-electron chi connectivity index (χ2n) is 4.24. The zero-order chi connectivity index (χ0) is 13.5. The molecule has 0 saturated carbocycles. The molecule has 0 aliphatic rings. The number of ether oxygens (including phenoxy) is 1. The lowest BCUT2D eigenvalue weighted by Crippen LogP contribution is -2.27. The van der Waals surface area contributed by atoms with E-state index in [1.807, 2.05) is 23.6 Å². The number of hydrogen-bond donors (Lipinski definition) is 2. The average molecular weight is 313 g/mol. The minimum absolute atomic E-state index is 0.341. The smallest absolute Gasteiger partial charge is 0.257 e. The summed E-state index contributed by atoms with van der Waals surface area (Å²) >= 11 is 3.44. The molecule has 98 valence electrons. The van der Waals surface area contributed by atoms with E-state index in [2.05, 4.69) is 29.8 Å². The van der Waals surface area contributed by atoms with Gasteiger partial charge in [-0.25, -0.2) is 5.84 Å². The van der Waals surface area contributed by atoms with Crippen molar-refractivity contribution in [2.75, 3.05) is 6.61 Å². The summed E-state index contributed by atoms with van der Waals surface area (Å²) < 4.78 is 6.49. The summed E-state index contributed by atoms with van der Waals surface area (Å²) in [4.78, 5) is 11.0. The second-order valence-corrected chi connectivity index (χ2v) is 5.09. The van der Waals surface area contributed by atoms with Gasteiger partial charge in [-0.05, 0) is 45.6 Å². The molecule has 1 amide bonds. The number of benzene rings is 1. The first-order valence-corrected chi connectivity index (χ1v) is 6.43. The van der Waals surface area contributed by atoms with Crippen LogP contribution in [0.25, 0.3) is 6.08 Å². The third kappa shape index (κ3) is 4.89. The molecule has 0 saturated heterocycles. The molecular formula is C13H17BrN2O2. The van der Waals surface area contributed by atoms with Crippen LogP contribution in [0.2, 0.25) is 0 Å². The van der Waals surface area contributed by atoms with Gasteiger partial charge in [0.2, 0.25) is 0 Å². The predicted molar refractivity (Wildman–Crippen MR) is 75.8 cm³/mol. The molecule has 3 N–H and O–H groups in total. The third-order valence-corrected chi connectivity index (χ3v) is 2.72. The van der Waals surface area contributed by atoms with Crippen molar-refractivity contribution >= 4 is 27.9 Å². The molecule has 0 aliphatic heterocycles. The number of nitrogens with two attached hydrogens (primary N) is 1. The highest BCUT2D eigenvalue weighted by Gasteiger charge is 2.03. The molecular weight excluding hydrogens is 296 g/mol. The number of hydrogen-bond acceptors (Lipinski definition) is 3. The van der Waals surface area contributed by atoms with Crippen molar-refractivity contribution in [3.63, 3.8) is 0 Å². The lowest BCUT2D eigenvalue weighted by molar-refractivity contribution is -0.116. The van der Waals surface area contributed by atoms with Gasteiger partial charge in [0, 0.05) is 6.08 Å². The van der Waals surface area contributed by atoms with Gasteiger partial charge in [-0.1, -0.05) is 19.9 Å². The highest BCUT2D eigenvalue weighted by atomic mass is 79.9. The second kappa shape index (κ2) is 7.18. The SMILES string of the molecule is CC(C)COc1ccc(/C=C/C(=O)NN)cc1Br. The Morgan fingerprint density at radius 2 is 2.28 bits per heavy atom. The molecule has 0 aromatic heterocycles. The number of amides is 1. The number of carbonyl (C=O) groups excluding carboxylic acids is 1. The largest absolute Gasteiger partial charge is 0.492 e. The molecule has 0 bridgehead atoms. The van der Waals surface area contributed by atoms with Crippen LogP contribution in [-0.2, 0) is 4.79 Å². The van der Waals surface area contributed by atoms with Gasteiger partial charge in [0.1, 0.15) is 5.75 Å². The summed E-state index contributed by atoms with van der Waals surface area (Å²) in [5.74, 6) is 5.91. The highest BCUT2D eigenvalue weighted by Crippen LogP contribution is 2.26. The Balaban J connectivity index is 2.73. The summed E-state index contributed by atoms with van der Waals surface area (Å²) in [5, 5.41) is 0. The van der Waals surface area contributed by atoms with E-state index in [9.17, 15) is 4.79 Å². The Hall–Kier alpha value is -1.33. The summed E-state index contributed by atoms with van der Waals surface area (Å²) in [6.45, 7) is 4.86. The van der Waals surface area contributed by atoms with Crippen LogP contribution in [0.5, 0.6) is 5.75 Å². The van der Waals surface area contributed by atoms with Gasteiger partial charge in [0.15, 0.2) is 0 Å². The predicted octanol–water partition coefficient (Wildman–Crippen LogP) is 2.49. The summed E-state index contributed by atoms with van der Waals surface area (Å²) in [7, 11) is 0. The standard InChI is InChI=1S/C13H17BrN2O2/c1-9(2)8-18-12-5-3-10(7-11(12)14)4-6-13(17)16-15/h3-7,9H,8,15H2,1-2H3,(H,16,17)/b6-4+. The summed E-state index contributed by atoms with van der Waals surface area (Å²) in [6, 6.07) is 5.63. The van der Waals surface area contributed by atoms with E-state index in [1.165, 1.54) is 6.08 Å². The topological polar surface area (TPSA) is 64.3 Å². The van der Waals surface area contributed by atoms with Crippen LogP contribution in [0.15, 0.2) is 28.7 Å². The molecule has 1 rings (SSSR count). The van der Waals surface area contributed by atoms with Gasteiger partial charge in [-0.3, -0.25) is 10.2 Å². The first kappa shape index (κ1) is 14.7. The quantitative estimate of drug-likeness (QED) is 0.380. The molecule has 0 heterocycles. The van der Waals surface area contributed by atoms with E-state index in [0.29, 0.717) is 12.5 Å².